The summed E-state index contributed by atoms with van der Waals surface area (Å²) in [4.78, 5) is 24.4. The number of nitrogens with zero attached hydrogens (tertiary/aromatic N) is 6. The van der Waals surface area contributed by atoms with Crippen LogP contribution in [0.4, 0.5) is 5.69 Å². The van der Waals surface area contributed by atoms with Crippen LogP contribution >= 0.6 is 0 Å². The van der Waals surface area contributed by atoms with Gasteiger partial charge in [-0.05, 0) is 44.5 Å². The van der Waals surface area contributed by atoms with Crippen LogP contribution in [0.15, 0.2) is 41.5 Å². The number of rotatable bonds is 2. The molecule has 1 aliphatic heterocycles. The topological polar surface area (TPSA) is 79.8 Å². The Hall–Kier alpha value is -3.26. The number of hydrogen-bond donors (Lipinski definition) is 1. The number of piperazine rings is 1. The summed E-state index contributed by atoms with van der Waals surface area (Å²) in [6.45, 7) is 8.87. The number of imidazole rings is 1. The second-order valence-corrected chi connectivity index (χ2v) is 7.76. The Kier molecular flexibility index (Phi) is 4.09. The van der Waals surface area contributed by atoms with Crippen molar-refractivity contribution in [2.45, 2.75) is 26.8 Å². The van der Waals surface area contributed by atoms with E-state index in [9.17, 15) is 4.79 Å². The second kappa shape index (κ2) is 6.66. The fourth-order valence-corrected chi connectivity index (χ4v) is 3.96. The number of nitrogens with one attached hydrogen (secondary N) is 1. The van der Waals surface area contributed by atoms with E-state index in [4.69, 9.17) is 4.98 Å². The molecule has 1 N–H and O–H groups in total. The molecule has 0 spiro atoms. The molecule has 0 aromatic carbocycles. The molecule has 8 heteroatoms. The molecule has 5 rings (SSSR count). The molecule has 1 atom stereocenters. The van der Waals surface area contributed by atoms with Crippen LogP contribution in [0, 0.1) is 13.8 Å². The number of aryl methyl sites for hydroxylation is 2. The maximum absolute atomic E-state index is 12.9. The summed E-state index contributed by atoms with van der Waals surface area (Å²) in [5.74, 6) is 0. The minimum atomic E-state index is -0.109. The van der Waals surface area contributed by atoms with Gasteiger partial charge in [0.15, 0.2) is 5.65 Å². The molecule has 5 heterocycles. The van der Waals surface area contributed by atoms with Crippen molar-refractivity contribution in [1.29, 1.82) is 0 Å². The minimum Gasteiger partial charge on any atom is -0.368 e. The van der Waals surface area contributed by atoms with Crippen molar-refractivity contribution in [3.8, 4) is 11.4 Å². The summed E-state index contributed by atoms with van der Waals surface area (Å²) >= 11 is 0. The third kappa shape index (κ3) is 3.15. The molecule has 0 unspecified atom stereocenters. The van der Waals surface area contributed by atoms with Gasteiger partial charge in [-0.25, -0.2) is 14.5 Å². The lowest BCUT2D eigenvalue weighted by atomic mass is 10.2. The molecule has 0 radical (unpaired) electrons. The Labute approximate surface area is 167 Å². The van der Waals surface area contributed by atoms with Gasteiger partial charge in [-0.15, -0.1) is 0 Å². The highest BCUT2D eigenvalue weighted by atomic mass is 16.1. The zero-order chi connectivity index (χ0) is 20.1. The van der Waals surface area contributed by atoms with E-state index < -0.39 is 0 Å². The molecule has 0 aliphatic carbocycles. The van der Waals surface area contributed by atoms with E-state index in [1.54, 1.807) is 15.0 Å². The standard InChI is InChI=1S/C21H23N7O/c1-13-8-16(26-7-6-22-14(2)10-26)12-27-20(29)9-18(24-21(13)27)17-4-5-19-23-15(3)11-28(19)25-17/h4-5,8-9,11-12,14,22H,6-7,10H2,1-3H3/t14-/m0/s1. The molecule has 1 fully saturated rings. The predicted octanol–water partition coefficient (Wildman–Crippen LogP) is 1.82. The summed E-state index contributed by atoms with van der Waals surface area (Å²) in [5.41, 5.74) is 5.44. The first kappa shape index (κ1) is 17.8. The summed E-state index contributed by atoms with van der Waals surface area (Å²) in [7, 11) is 0. The number of fused-ring (bicyclic) bond motifs is 2. The predicted molar refractivity (Wildman–Crippen MR) is 113 cm³/mol. The molecular weight excluding hydrogens is 366 g/mol. The van der Waals surface area contributed by atoms with E-state index in [2.05, 4.69) is 33.3 Å². The van der Waals surface area contributed by atoms with Crippen LogP contribution in [0.5, 0.6) is 0 Å². The van der Waals surface area contributed by atoms with E-state index in [0.29, 0.717) is 23.1 Å². The summed E-state index contributed by atoms with van der Waals surface area (Å²) in [6, 6.07) is 7.82. The first-order valence-electron chi connectivity index (χ1n) is 9.84. The zero-order valence-electron chi connectivity index (χ0n) is 16.8. The number of aromatic nitrogens is 5. The minimum absolute atomic E-state index is 0.109. The fourth-order valence-electron chi connectivity index (χ4n) is 3.96. The Morgan fingerprint density at radius 3 is 2.79 bits per heavy atom. The quantitative estimate of drug-likeness (QED) is 0.563. The Morgan fingerprint density at radius 2 is 1.97 bits per heavy atom. The summed E-state index contributed by atoms with van der Waals surface area (Å²) in [5, 5.41) is 8.02. The van der Waals surface area contributed by atoms with Gasteiger partial charge in [-0.2, -0.15) is 5.10 Å². The van der Waals surface area contributed by atoms with Gasteiger partial charge in [0.05, 0.1) is 23.3 Å². The first-order valence-corrected chi connectivity index (χ1v) is 9.84. The molecule has 8 nitrogen and oxygen atoms in total. The van der Waals surface area contributed by atoms with Gasteiger partial charge >= 0.3 is 0 Å². The highest BCUT2D eigenvalue weighted by Gasteiger charge is 2.18. The summed E-state index contributed by atoms with van der Waals surface area (Å²) < 4.78 is 3.36. The van der Waals surface area contributed by atoms with Crippen LogP contribution in [0.1, 0.15) is 18.2 Å². The van der Waals surface area contributed by atoms with Crippen molar-refractivity contribution in [1.82, 2.24) is 29.3 Å². The Bertz CT molecular complexity index is 1290. The maximum Gasteiger partial charge on any atom is 0.258 e. The van der Waals surface area contributed by atoms with E-state index in [-0.39, 0.29) is 5.56 Å². The molecule has 0 amide bonds. The zero-order valence-corrected chi connectivity index (χ0v) is 16.8. The van der Waals surface area contributed by atoms with E-state index >= 15 is 0 Å². The van der Waals surface area contributed by atoms with Crippen LogP contribution in [0.25, 0.3) is 22.7 Å². The van der Waals surface area contributed by atoms with Crippen LogP contribution < -0.4 is 15.8 Å². The van der Waals surface area contributed by atoms with Crippen molar-refractivity contribution in [2.75, 3.05) is 24.5 Å². The van der Waals surface area contributed by atoms with Gasteiger partial charge in [0.1, 0.15) is 11.3 Å². The monoisotopic (exact) mass is 389 g/mol. The Balaban J connectivity index is 1.61. The van der Waals surface area contributed by atoms with E-state index in [1.807, 2.05) is 38.4 Å². The van der Waals surface area contributed by atoms with Gasteiger partial charge in [0.2, 0.25) is 0 Å². The number of hydrogen-bond acceptors (Lipinski definition) is 6. The average Bonchev–Trinajstić information content (AvgIpc) is 3.07. The van der Waals surface area contributed by atoms with Gasteiger partial charge in [0, 0.05) is 37.9 Å². The van der Waals surface area contributed by atoms with Gasteiger partial charge in [-0.3, -0.25) is 9.20 Å². The van der Waals surface area contributed by atoms with Crippen molar-refractivity contribution >= 4 is 17.0 Å². The highest BCUT2D eigenvalue weighted by molar-refractivity contribution is 5.63. The van der Waals surface area contributed by atoms with Crippen molar-refractivity contribution in [3.63, 3.8) is 0 Å². The second-order valence-electron chi connectivity index (χ2n) is 7.76. The first-order chi connectivity index (χ1) is 14.0. The van der Waals surface area contributed by atoms with Crippen LogP contribution in [0.2, 0.25) is 0 Å². The maximum atomic E-state index is 12.9. The number of pyridine rings is 1. The van der Waals surface area contributed by atoms with Crippen molar-refractivity contribution < 1.29 is 0 Å². The molecule has 148 valence electrons. The van der Waals surface area contributed by atoms with Gasteiger partial charge in [0.25, 0.3) is 5.56 Å². The average molecular weight is 389 g/mol. The molecule has 0 saturated carbocycles. The molecule has 4 aromatic rings. The van der Waals surface area contributed by atoms with E-state index in [0.717, 1.165) is 42.2 Å². The van der Waals surface area contributed by atoms with Crippen LogP contribution in [0.3, 0.4) is 0 Å². The van der Waals surface area contributed by atoms with Gasteiger partial charge < -0.3 is 10.2 Å². The lowest BCUT2D eigenvalue weighted by Crippen LogP contribution is -2.49. The fraction of sp³-hybridized carbons (Fsp3) is 0.333. The molecule has 1 saturated heterocycles. The number of anilines is 1. The normalized spacial score (nSPS) is 17.3. The van der Waals surface area contributed by atoms with E-state index in [1.165, 1.54) is 0 Å². The van der Waals surface area contributed by atoms with Crippen LogP contribution in [-0.4, -0.2) is 49.7 Å². The Morgan fingerprint density at radius 1 is 1.10 bits per heavy atom. The lowest BCUT2D eigenvalue weighted by molar-refractivity contribution is 0.484. The molecule has 4 aromatic heterocycles. The lowest BCUT2D eigenvalue weighted by Gasteiger charge is -2.33. The third-order valence-corrected chi connectivity index (χ3v) is 5.37. The molecule has 1 aliphatic rings. The van der Waals surface area contributed by atoms with Crippen LogP contribution in [-0.2, 0) is 0 Å². The largest absolute Gasteiger partial charge is 0.368 e. The van der Waals surface area contributed by atoms with Crippen molar-refractivity contribution in [3.05, 3.63) is 58.3 Å². The molecule has 29 heavy (non-hydrogen) atoms. The van der Waals surface area contributed by atoms with Gasteiger partial charge in [-0.1, -0.05) is 0 Å². The molecule has 0 bridgehead atoms. The highest BCUT2D eigenvalue weighted by Crippen LogP contribution is 2.21. The van der Waals surface area contributed by atoms with Crippen molar-refractivity contribution in [2.24, 2.45) is 0 Å². The third-order valence-electron chi connectivity index (χ3n) is 5.37. The smallest absolute Gasteiger partial charge is 0.258 e. The molecular formula is C21H23N7O. The summed E-state index contributed by atoms with van der Waals surface area (Å²) in [6.07, 6.45) is 3.76. The SMILES string of the molecule is Cc1cn2nc(-c3cc(=O)n4cc(N5CCN[C@@H](C)C5)cc(C)c4n3)ccc2n1.